The van der Waals surface area contributed by atoms with Gasteiger partial charge in [0.15, 0.2) is 5.82 Å². The number of amides is 1. The summed E-state index contributed by atoms with van der Waals surface area (Å²) >= 11 is 0. The van der Waals surface area contributed by atoms with Gasteiger partial charge in [0.05, 0.1) is 17.8 Å². The Bertz CT molecular complexity index is 1260. The Balaban J connectivity index is 1.55. The monoisotopic (exact) mass is 412 g/mol. The molecule has 4 rings (SSSR count). The number of aromatic nitrogens is 3. The summed E-state index contributed by atoms with van der Waals surface area (Å²) in [6, 6.07) is 19.4. The molecular formula is C25H24N4O2. The number of hydrogen-bond acceptors (Lipinski definition) is 4. The van der Waals surface area contributed by atoms with Gasteiger partial charge in [-0.1, -0.05) is 30.3 Å². The summed E-state index contributed by atoms with van der Waals surface area (Å²) in [5, 5.41) is 8.53. The average molecular weight is 412 g/mol. The number of nitrogens with zero attached hydrogens (tertiary/aromatic N) is 3. The molecule has 2 aromatic carbocycles. The Labute approximate surface area is 181 Å². The summed E-state index contributed by atoms with van der Waals surface area (Å²) < 4.78 is 7.10. The highest BCUT2D eigenvalue weighted by Gasteiger charge is 2.12. The first-order chi connectivity index (χ1) is 15.0. The van der Waals surface area contributed by atoms with E-state index in [1.165, 1.54) is 6.08 Å². The van der Waals surface area contributed by atoms with Crippen molar-refractivity contribution in [2.75, 3.05) is 11.9 Å². The summed E-state index contributed by atoms with van der Waals surface area (Å²) in [7, 11) is 0. The zero-order valence-corrected chi connectivity index (χ0v) is 17.8. The van der Waals surface area contributed by atoms with Gasteiger partial charge in [-0.25, -0.2) is 4.98 Å². The summed E-state index contributed by atoms with van der Waals surface area (Å²) in [5.74, 6) is 1.80. The molecule has 2 aromatic heterocycles. The van der Waals surface area contributed by atoms with Crippen molar-refractivity contribution in [2.24, 2.45) is 0 Å². The van der Waals surface area contributed by atoms with Crippen LogP contribution in [0.2, 0.25) is 0 Å². The van der Waals surface area contributed by atoms with Crippen LogP contribution in [0, 0.1) is 13.8 Å². The molecule has 0 unspecified atom stereocenters. The summed E-state index contributed by atoms with van der Waals surface area (Å²) in [4.78, 5) is 17.3. The van der Waals surface area contributed by atoms with E-state index in [1.54, 1.807) is 10.8 Å². The molecule has 0 saturated carbocycles. The van der Waals surface area contributed by atoms with E-state index in [0.29, 0.717) is 18.2 Å². The van der Waals surface area contributed by atoms with Gasteiger partial charge in [-0.15, -0.1) is 0 Å². The number of carbonyl (C=O) groups is 1. The van der Waals surface area contributed by atoms with E-state index < -0.39 is 0 Å². The minimum absolute atomic E-state index is 0.243. The number of benzene rings is 2. The molecule has 0 radical (unpaired) electrons. The van der Waals surface area contributed by atoms with Crippen molar-refractivity contribution in [2.45, 2.75) is 20.8 Å². The number of nitrogens with one attached hydrogen (secondary N) is 1. The van der Waals surface area contributed by atoms with Gasteiger partial charge < -0.3 is 10.1 Å². The lowest BCUT2D eigenvalue weighted by Gasteiger charge is -2.10. The minimum atomic E-state index is -0.243. The zero-order valence-electron chi connectivity index (χ0n) is 17.8. The maximum absolute atomic E-state index is 12.5. The van der Waals surface area contributed by atoms with E-state index in [-0.39, 0.29) is 5.91 Å². The van der Waals surface area contributed by atoms with Crippen LogP contribution in [0.15, 0.2) is 66.7 Å². The van der Waals surface area contributed by atoms with E-state index >= 15 is 0 Å². The third kappa shape index (κ3) is 4.64. The fourth-order valence-electron chi connectivity index (χ4n) is 3.38. The highest BCUT2D eigenvalue weighted by molar-refractivity contribution is 6.01. The normalized spacial score (nSPS) is 11.2. The van der Waals surface area contributed by atoms with Crippen molar-refractivity contribution in [1.29, 1.82) is 0 Å². The first kappa shape index (κ1) is 20.3. The van der Waals surface area contributed by atoms with Gasteiger partial charge in [0.25, 0.3) is 0 Å². The third-order valence-corrected chi connectivity index (χ3v) is 4.83. The van der Waals surface area contributed by atoms with Gasteiger partial charge in [-0.3, -0.25) is 4.79 Å². The largest absolute Gasteiger partial charge is 0.494 e. The van der Waals surface area contributed by atoms with Gasteiger partial charge in [0.1, 0.15) is 11.6 Å². The van der Waals surface area contributed by atoms with E-state index in [0.717, 1.165) is 33.5 Å². The van der Waals surface area contributed by atoms with Crippen molar-refractivity contribution in [3.8, 4) is 11.6 Å². The van der Waals surface area contributed by atoms with E-state index in [1.807, 2.05) is 81.4 Å². The Morgan fingerprint density at radius 3 is 2.65 bits per heavy atom. The number of rotatable bonds is 6. The molecule has 1 amide bonds. The smallest absolute Gasteiger partial charge is 0.249 e. The predicted octanol–water partition coefficient (Wildman–Crippen LogP) is 5.09. The molecule has 6 nitrogen and oxygen atoms in total. The highest BCUT2D eigenvalue weighted by atomic mass is 16.5. The van der Waals surface area contributed by atoms with Crippen LogP contribution in [0.25, 0.3) is 22.8 Å². The zero-order chi connectivity index (χ0) is 21.8. The van der Waals surface area contributed by atoms with Crippen LogP contribution < -0.4 is 10.1 Å². The topological polar surface area (TPSA) is 69.0 Å². The number of carbonyl (C=O) groups excluding carboxylic acids is 1. The number of fused-ring (bicyclic) bond motifs is 1. The average Bonchev–Trinajstić information content (AvgIpc) is 3.13. The Kier molecular flexibility index (Phi) is 5.80. The fraction of sp³-hybridized carbons (Fsp3) is 0.160. The van der Waals surface area contributed by atoms with Crippen molar-refractivity contribution in [1.82, 2.24) is 14.8 Å². The maximum atomic E-state index is 12.5. The molecule has 0 fully saturated rings. The third-order valence-electron chi connectivity index (χ3n) is 4.83. The second-order valence-corrected chi connectivity index (χ2v) is 7.22. The maximum Gasteiger partial charge on any atom is 0.249 e. The summed E-state index contributed by atoms with van der Waals surface area (Å²) in [5.41, 5.74) is 3.69. The number of hydrogen-bond donors (Lipinski definition) is 1. The van der Waals surface area contributed by atoms with Crippen molar-refractivity contribution >= 4 is 28.7 Å². The van der Waals surface area contributed by atoms with Crippen LogP contribution in [-0.2, 0) is 4.79 Å². The van der Waals surface area contributed by atoms with E-state index in [2.05, 4.69) is 10.4 Å². The number of aryl methyl sites for hydroxylation is 2. The predicted molar refractivity (Wildman–Crippen MR) is 124 cm³/mol. The molecule has 0 atom stereocenters. The van der Waals surface area contributed by atoms with Crippen LogP contribution in [-0.4, -0.2) is 27.3 Å². The Hall–Kier alpha value is -3.93. The van der Waals surface area contributed by atoms with Crippen LogP contribution in [0.5, 0.6) is 5.75 Å². The molecule has 4 aromatic rings. The lowest BCUT2D eigenvalue weighted by Crippen LogP contribution is -2.13. The Morgan fingerprint density at radius 1 is 1.10 bits per heavy atom. The molecule has 0 aliphatic heterocycles. The lowest BCUT2D eigenvalue weighted by molar-refractivity contribution is -0.111. The number of ether oxygens (including phenoxy) is 1. The van der Waals surface area contributed by atoms with Gasteiger partial charge in [0, 0.05) is 17.5 Å². The number of anilines is 1. The second-order valence-electron chi connectivity index (χ2n) is 7.22. The molecule has 0 bridgehead atoms. The second kappa shape index (κ2) is 8.83. The molecule has 1 N–H and O–H groups in total. The molecule has 2 heterocycles. The molecule has 0 aliphatic carbocycles. The van der Waals surface area contributed by atoms with Crippen LogP contribution in [0.4, 0.5) is 5.82 Å². The molecule has 0 aliphatic rings. The molecule has 156 valence electrons. The summed E-state index contributed by atoms with van der Waals surface area (Å²) in [6.45, 7) is 6.49. The molecular weight excluding hydrogens is 388 g/mol. The lowest BCUT2D eigenvalue weighted by atomic mass is 10.1. The van der Waals surface area contributed by atoms with Gasteiger partial charge >= 0.3 is 0 Å². The minimum Gasteiger partial charge on any atom is -0.494 e. The number of para-hydroxylation sites is 1. The molecule has 0 spiro atoms. The molecule has 6 heteroatoms. The Morgan fingerprint density at radius 2 is 1.87 bits per heavy atom. The molecule has 31 heavy (non-hydrogen) atoms. The van der Waals surface area contributed by atoms with Crippen molar-refractivity contribution in [3.63, 3.8) is 0 Å². The van der Waals surface area contributed by atoms with Crippen LogP contribution >= 0.6 is 0 Å². The van der Waals surface area contributed by atoms with Gasteiger partial charge in [-0.05, 0) is 62.2 Å². The van der Waals surface area contributed by atoms with Crippen LogP contribution in [0.3, 0.4) is 0 Å². The molecule has 0 saturated heterocycles. The quantitative estimate of drug-likeness (QED) is 0.448. The highest BCUT2D eigenvalue weighted by Crippen LogP contribution is 2.22. The standard InChI is InChI=1S/C25H24N4O2/c1-4-31-20-12-9-19(10-13-20)11-14-25(30)27-24-16-18(3)28-29(24)23-15-17(2)21-7-5-6-8-22(21)26-23/h5-16H,4H2,1-3H3,(H,27,30)/b14-11+. The van der Waals surface area contributed by atoms with E-state index in [9.17, 15) is 4.79 Å². The summed E-state index contributed by atoms with van der Waals surface area (Å²) in [6.07, 6.45) is 3.26. The SMILES string of the molecule is CCOc1ccc(/C=C/C(=O)Nc2cc(C)nn2-c2cc(C)c3ccccc3n2)cc1. The van der Waals surface area contributed by atoms with Crippen molar-refractivity contribution in [3.05, 3.63) is 83.6 Å². The number of pyridine rings is 1. The van der Waals surface area contributed by atoms with Gasteiger partial charge in [0.2, 0.25) is 5.91 Å². The van der Waals surface area contributed by atoms with E-state index in [4.69, 9.17) is 9.72 Å². The van der Waals surface area contributed by atoms with Crippen LogP contribution in [0.1, 0.15) is 23.7 Å². The first-order valence-electron chi connectivity index (χ1n) is 10.2. The fourth-order valence-corrected chi connectivity index (χ4v) is 3.38. The van der Waals surface area contributed by atoms with Gasteiger partial charge in [-0.2, -0.15) is 9.78 Å². The van der Waals surface area contributed by atoms with Crippen molar-refractivity contribution < 1.29 is 9.53 Å². The first-order valence-corrected chi connectivity index (χ1v) is 10.2.